The number of carboxylic acids is 1. The first-order valence-corrected chi connectivity index (χ1v) is 5.87. The van der Waals surface area contributed by atoms with Gasteiger partial charge in [-0.05, 0) is 30.9 Å². The molecule has 1 fully saturated rings. The van der Waals surface area contributed by atoms with Crippen LogP contribution in [0.4, 0.5) is 10.1 Å². The van der Waals surface area contributed by atoms with Gasteiger partial charge in [0.2, 0.25) is 5.82 Å². The van der Waals surface area contributed by atoms with Gasteiger partial charge in [0, 0.05) is 11.6 Å². The molecule has 1 aromatic rings. The highest BCUT2D eigenvalue weighted by Gasteiger charge is 2.37. The Kier molecular flexibility index (Phi) is 3.64. The zero-order chi connectivity index (χ0) is 14.9. The fourth-order valence-corrected chi connectivity index (χ4v) is 1.83. The summed E-state index contributed by atoms with van der Waals surface area (Å²) < 4.78 is 13.4. The summed E-state index contributed by atoms with van der Waals surface area (Å²) in [5.74, 6) is -3.17. The maximum absolute atomic E-state index is 13.4. The SMILES string of the molecule is O=C(NC(C(=O)O)C1CC1)c1ccc([N+](=O)[O-])c(F)c1. The predicted octanol–water partition coefficient (Wildman–Crippen LogP) is 1.33. The van der Waals surface area contributed by atoms with Crippen molar-refractivity contribution in [2.75, 3.05) is 0 Å². The van der Waals surface area contributed by atoms with Crippen molar-refractivity contribution in [3.05, 3.63) is 39.7 Å². The number of nitro benzene ring substituents is 1. The lowest BCUT2D eigenvalue weighted by Gasteiger charge is -2.13. The summed E-state index contributed by atoms with van der Waals surface area (Å²) in [6, 6.07) is 1.67. The predicted molar refractivity (Wildman–Crippen MR) is 64.7 cm³/mol. The summed E-state index contributed by atoms with van der Waals surface area (Å²) >= 11 is 0. The molecule has 0 radical (unpaired) electrons. The molecule has 1 atom stereocenters. The molecule has 106 valence electrons. The van der Waals surface area contributed by atoms with E-state index in [1.807, 2.05) is 0 Å². The topological polar surface area (TPSA) is 110 Å². The number of halogens is 1. The van der Waals surface area contributed by atoms with Gasteiger partial charge < -0.3 is 10.4 Å². The van der Waals surface area contributed by atoms with E-state index in [1.54, 1.807) is 0 Å². The Balaban J connectivity index is 2.14. The molecule has 1 amide bonds. The number of amides is 1. The third-order valence-corrected chi connectivity index (χ3v) is 3.05. The van der Waals surface area contributed by atoms with Gasteiger partial charge in [-0.1, -0.05) is 0 Å². The zero-order valence-corrected chi connectivity index (χ0v) is 10.2. The summed E-state index contributed by atoms with van der Waals surface area (Å²) in [6.45, 7) is 0. The molecule has 8 heteroatoms. The number of nitrogens with one attached hydrogen (secondary N) is 1. The molecular weight excluding hydrogens is 271 g/mol. The molecule has 2 N–H and O–H groups in total. The molecule has 1 aliphatic rings. The van der Waals surface area contributed by atoms with E-state index < -0.39 is 34.3 Å². The van der Waals surface area contributed by atoms with Gasteiger partial charge in [0.1, 0.15) is 6.04 Å². The van der Waals surface area contributed by atoms with Crippen molar-refractivity contribution in [2.24, 2.45) is 5.92 Å². The molecule has 0 aromatic heterocycles. The monoisotopic (exact) mass is 282 g/mol. The van der Waals surface area contributed by atoms with Gasteiger partial charge in [0.15, 0.2) is 0 Å². The Hall–Kier alpha value is -2.51. The summed E-state index contributed by atoms with van der Waals surface area (Å²) in [5.41, 5.74) is -0.890. The van der Waals surface area contributed by atoms with Gasteiger partial charge in [0.25, 0.3) is 5.91 Å². The third-order valence-electron chi connectivity index (χ3n) is 3.05. The number of aliphatic carboxylic acids is 1. The van der Waals surface area contributed by atoms with Crippen LogP contribution in [-0.2, 0) is 4.79 Å². The number of carboxylic acid groups (broad SMARTS) is 1. The quantitative estimate of drug-likeness (QED) is 0.625. The Morgan fingerprint density at radius 3 is 2.55 bits per heavy atom. The second-order valence-corrected chi connectivity index (χ2v) is 4.55. The van der Waals surface area contributed by atoms with Crippen LogP contribution in [0, 0.1) is 21.8 Å². The summed E-state index contributed by atoms with van der Waals surface area (Å²) in [7, 11) is 0. The molecule has 0 aliphatic heterocycles. The molecule has 1 aromatic carbocycles. The smallest absolute Gasteiger partial charge is 0.326 e. The fourth-order valence-electron chi connectivity index (χ4n) is 1.83. The third kappa shape index (κ3) is 2.90. The van der Waals surface area contributed by atoms with Crippen molar-refractivity contribution in [3.8, 4) is 0 Å². The molecule has 1 unspecified atom stereocenters. The van der Waals surface area contributed by atoms with Crippen molar-refractivity contribution in [1.29, 1.82) is 0 Å². The van der Waals surface area contributed by atoms with Gasteiger partial charge in [-0.3, -0.25) is 14.9 Å². The highest BCUT2D eigenvalue weighted by molar-refractivity contribution is 5.96. The Morgan fingerprint density at radius 2 is 2.10 bits per heavy atom. The molecule has 0 heterocycles. The molecular formula is C12H11FN2O5. The zero-order valence-electron chi connectivity index (χ0n) is 10.2. The lowest BCUT2D eigenvalue weighted by atomic mass is 10.1. The van der Waals surface area contributed by atoms with Crippen LogP contribution in [0.2, 0.25) is 0 Å². The molecule has 0 saturated heterocycles. The lowest BCUT2D eigenvalue weighted by molar-refractivity contribution is -0.387. The minimum Gasteiger partial charge on any atom is -0.480 e. The fraction of sp³-hybridized carbons (Fsp3) is 0.333. The van der Waals surface area contributed by atoms with Crippen LogP contribution < -0.4 is 5.32 Å². The Morgan fingerprint density at radius 1 is 1.45 bits per heavy atom. The lowest BCUT2D eigenvalue weighted by Crippen LogP contribution is -2.42. The van der Waals surface area contributed by atoms with Gasteiger partial charge in [-0.15, -0.1) is 0 Å². The normalized spacial score (nSPS) is 15.4. The van der Waals surface area contributed by atoms with Crippen molar-refractivity contribution in [3.63, 3.8) is 0 Å². The number of hydrogen-bond donors (Lipinski definition) is 2. The Labute approximate surface area is 112 Å². The van der Waals surface area contributed by atoms with Crippen LogP contribution in [0.25, 0.3) is 0 Å². The van der Waals surface area contributed by atoms with Gasteiger partial charge in [0.05, 0.1) is 4.92 Å². The number of nitrogens with zero attached hydrogens (tertiary/aromatic N) is 1. The van der Waals surface area contributed by atoms with Gasteiger partial charge in [-0.2, -0.15) is 4.39 Å². The maximum atomic E-state index is 13.4. The highest BCUT2D eigenvalue weighted by Crippen LogP contribution is 2.33. The summed E-state index contributed by atoms with van der Waals surface area (Å²) in [6.07, 6.45) is 1.43. The number of carbonyl (C=O) groups is 2. The minimum atomic E-state index is -1.15. The van der Waals surface area contributed by atoms with Crippen LogP contribution in [0.5, 0.6) is 0 Å². The molecule has 2 rings (SSSR count). The van der Waals surface area contributed by atoms with E-state index in [0.29, 0.717) is 12.8 Å². The van der Waals surface area contributed by atoms with Crippen LogP contribution in [0.3, 0.4) is 0 Å². The average Bonchev–Trinajstić information content (AvgIpc) is 3.18. The molecule has 7 nitrogen and oxygen atoms in total. The second-order valence-electron chi connectivity index (χ2n) is 4.55. The number of nitro groups is 1. The van der Waals surface area contributed by atoms with Gasteiger partial charge >= 0.3 is 11.7 Å². The van der Waals surface area contributed by atoms with E-state index in [2.05, 4.69) is 5.32 Å². The average molecular weight is 282 g/mol. The molecule has 1 aliphatic carbocycles. The van der Waals surface area contributed by atoms with Crippen LogP contribution in [-0.4, -0.2) is 27.9 Å². The van der Waals surface area contributed by atoms with Gasteiger partial charge in [-0.25, -0.2) is 4.79 Å². The maximum Gasteiger partial charge on any atom is 0.326 e. The van der Waals surface area contributed by atoms with E-state index >= 15 is 0 Å². The van der Waals surface area contributed by atoms with Crippen molar-refractivity contribution in [1.82, 2.24) is 5.32 Å². The van der Waals surface area contributed by atoms with E-state index in [9.17, 15) is 24.1 Å². The van der Waals surface area contributed by atoms with E-state index in [-0.39, 0.29) is 11.5 Å². The first-order chi connectivity index (χ1) is 9.40. The van der Waals surface area contributed by atoms with Crippen LogP contribution in [0.15, 0.2) is 18.2 Å². The largest absolute Gasteiger partial charge is 0.480 e. The van der Waals surface area contributed by atoms with Crippen molar-refractivity contribution < 1.29 is 24.0 Å². The number of rotatable bonds is 5. The molecule has 1 saturated carbocycles. The number of hydrogen-bond acceptors (Lipinski definition) is 4. The first kappa shape index (κ1) is 13.9. The molecule has 20 heavy (non-hydrogen) atoms. The van der Waals surface area contributed by atoms with E-state index in [1.165, 1.54) is 0 Å². The number of carbonyl (C=O) groups excluding carboxylic acids is 1. The first-order valence-electron chi connectivity index (χ1n) is 5.87. The highest BCUT2D eigenvalue weighted by atomic mass is 19.1. The van der Waals surface area contributed by atoms with Crippen LogP contribution in [0.1, 0.15) is 23.2 Å². The summed E-state index contributed by atoms with van der Waals surface area (Å²) in [5, 5.41) is 21.7. The second kappa shape index (κ2) is 5.24. The van der Waals surface area contributed by atoms with Crippen molar-refractivity contribution in [2.45, 2.75) is 18.9 Å². The van der Waals surface area contributed by atoms with E-state index in [4.69, 9.17) is 5.11 Å². The number of benzene rings is 1. The standard InChI is InChI=1S/C12H11FN2O5/c13-8-5-7(3-4-9(8)15(19)20)11(16)14-10(12(17)18)6-1-2-6/h3-6,10H,1-2H2,(H,14,16)(H,17,18). The Bertz CT molecular complexity index is 585. The minimum absolute atomic E-state index is 0.112. The molecule has 0 spiro atoms. The summed E-state index contributed by atoms with van der Waals surface area (Å²) in [4.78, 5) is 32.3. The molecule has 0 bridgehead atoms. The van der Waals surface area contributed by atoms with Crippen molar-refractivity contribution >= 4 is 17.6 Å². The van der Waals surface area contributed by atoms with Crippen LogP contribution >= 0.6 is 0 Å². The van der Waals surface area contributed by atoms with E-state index in [0.717, 1.165) is 18.2 Å².